The van der Waals surface area contributed by atoms with Crippen molar-refractivity contribution < 1.29 is 4.79 Å². The van der Waals surface area contributed by atoms with Crippen LogP contribution >= 0.6 is 0 Å². The van der Waals surface area contributed by atoms with Gasteiger partial charge in [-0.1, -0.05) is 6.07 Å². The highest BCUT2D eigenvalue weighted by Gasteiger charge is 2.26. The quantitative estimate of drug-likeness (QED) is 0.812. The van der Waals surface area contributed by atoms with Crippen LogP contribution in [0.5, 0.6) is 0 Å². The van der Waals surface area contributed by atoms with Gasteiger partial charge in [-0.3, -0.25) is 4.79 Å². The van der Waals surface area contributed by atoms with E-state index in [1.54, 1.807) is 0 Å². The van der Waals surface area contributed by atoms with E-state index in [0.717, 1.165) is 36.8 Å². The molecule has 0 bridgehead atoms. The van der Waals surface area contributed by atoms with Crippen molar-refractivity contribution in [2.24, 2.45) is 11.7 Å². The number of Topliss-reactive ketones (excluding diaryl/α,β-unsaturated/α-hetero) is 1. The smallest absolute Gasteiger partial charge is 0.166 e. The van der Waals surface area contributed by atoms with Gasteiger partial charge in [0.2, 0.25) is 0 Å². The first kappa shape index (κ1) is 13.3. The van der Waals surface area contributed by atoms with Crippen LogP contribution in [-0.2, 0) is 0 Å². The predicted octanol–water partition coefficient (Wildman–Crippen LogP) is 3.31. The number of carbonyl (C=O) groups excluding carboxylic acids is 1. The van der Waals surface area contributed by atoms with Crippen molar-refractivity contribution in [2.45, 2.75) is 52.5 Å². The molecule has 1 aliphatic rings. The molecule has 0 atom stereocenters. The highest BCUT2D eigenvalue weighted by Crippen LogP contribution is 2.28. The Labute approximate surface area is 110 Å². The molecule has 2 heteroatoms. The molecule has 0 heterocycles. The minimum absolute atomic E-state index is 0.186. The molecule has 0 aromatic heterocycles. The molecule has 18 heavy (non-hydrogen) atoms. The Bertz CT molecular complexity index is 456. The Kier molecular flexibility index (Phi) is 3.86. The van der Waals surface area contributed by atoms with Gasteiger partial charge in [-0.2, -0.15) is 0 Å². The number of aryl methyl sites for hydroxylation is 3. The first-order chi connectivity index (χ1) is 8.49. The maximum Gasteiger partial charge on any atom is 0.166 e. The second-order valence-corrected chi connectivity index (χ2v) is 5.73. The van der Waals surface area contributed by atoms with Gasteiger partial charge in [-0.15, -0.1) is 0 Å². The van der Waals surface area contributed by atoms with Gasteiger partial charge in [-0.25, -0.2) is 0 Å². The van der Waals surface area contributed by atoms with Crippen LogP contribution in [0, 0.1) is 26.7 Å². The first-order valence-corrected chi connectivity index (χ1v) is 6.86. The van der Waals surface area contributed by atoms with Crippen molar-refractivity contribution in [3.63, 3.8) is 0 Å². The Hall–Kier alpha value is -1.15. The second-order valence-electron chi connectivity index (χ2n) is 5.73. The number of carbonyl (C=O) groups is 1. The molecule has 98 valence electrons. The van der Waals surface area contributed by atoms with Gasteiger partial charge in [-0.05, 0) is 69.2 Å². The topological polar surface area (TPSA) is 43.1 Å². The number of rotatable bonds is 2. The summed E-state index contributed by atoms with van der Waals surface area (Å²) in [6.45, 7) is 6.20. The third kappa shape index (κ3) is 2.64. The van der Waals surface area contributed by atoms with Crippen LogP contribution in [-0.4, -0.2) is 11.8 Å². The largest absolute Gasteiger partial charge is 0.328 e. The molecule has 2 nitrogen and oxygen atoms in total. The summed E-state index contributed by atoms with van der Waals surface area (Å²) < 4.78 is 0. The van der Waals surface area contributed by atoms with Crippen molar-refractivity contribution in [2.75, 3.05) is 0 Å². The minimum atomic E-state index is 0.186. The molecule has 2 rings (SSSR count). The highest BCUT2D eigenvalue weighted by molar-refractivity contribution is 5.99. The van der Waals surface area contributed by atoms with Gasteiger partial charge >= 0.3 is 0 Å². The lowest BCUT2D eigenvalue weighted by Gasteiger charge is -2.25. The normalized spacial score (nSPS) is 24.0. The average molecular weight is 245 g/mol. The summed E-state index contributed by atoms with van der Waals surface area (Å²) in [5, 5.41) is 0. The lowest BCUT2D eigenvalue weighted by molar-refractivity contribution is 0.0884. The highest BCUT2D eigenvalue weighted by atomic mass is 16.1. The monoisotopic (exact) mass is 245 g/mol. The van der Waals surface area contributed by atoms with E-state index in [9.17, 15) is 4.79 Å². The van der Waals surface area contributed by atoms with E-state index in [2.05, 4.69) is 26.0 Å². The summed E-state index contributed by atoms with van der Waals surface area (Å²) in [6, 6.07) is 4.48. The van der Waals surface area contributed by atoms with E-state index in [4.69, 9.17) is 5.73 Å². The average Bonchev–Trinajstić information content (AvgIpc) is 2.34. The fourth-order valence-corrected chi connectivity index (χ4v) is 2.83. The predicted molar refractivity (Wildman–Crippen MR) is 74.9 cm³/mol. The van der Waals surface area contributed by atoms with Crippen molar-refractivity contribution >= 4 is 5.78 Å². The van der Waals surface area contributed by atoms with Crippen molar-refractivity contribution in [3.8, 4) is 0 Å². The fourth-order valence-electron chi connectivity index (χ4n) is 2.83. The molecular formula is C16H23NO. The van der Waals surface area contributed by atoms with Gasteiger partial charge in [0.25, 0.3) is 0 Å². The standard InChI is InChI=1S/C16H23NO/c1-10-8-12(3)15(9-11(10)2)16(18)13-4-6-14(17)7-5-13/h8-9,13-14H,4-7,17H2,1-3H3. The molecule has 1 fully saturated rings. The van der Waals surface area contributed by atoms with Crippen LogP contribution in [0.2, 0.25) is 0 Å². The first-order valence-electron chi connectivity index (χ1n) is 6.86. The molecule has 0 radical (unpaired) electrons. The molecule has 0 saturated heterocycles. The Balaban J connectivity index is 2.21. The van der Waals surface area contributed by atoms with Gasteiger partial charge in [0.15, 0.2) is 5.78 Å². The third-order valence-electron chi connectivity index (χ3n) is 4.25. The molecule has 0 spiro atoms. The fraction of sp³-hybridized carbons (Fsp3) is 0.562. The zero-order valence-electron chi connectivity index (χ0n) is 11.6. The summed E-state index contributed by atoms with van der Waals surface area (Å²) >= 11 is 0. The maximum absolute atomic E-state index is 12.5. The van der Waals surface area contributed by atoms with Gasteiger partial charge in [0, 0.05) is 17.5 Å². The van der Waals surface area contributed by atoms with Crippen molar-refractivity contribution in [3.05, 3.63) is 34.4 Å². The van der Waals surface area contributed by atoms with Crippen LogP contribution in [0.1, 0.15) is 52.7 Å². The van der Waals surface area contributed by atoms with Gasteiger partial charge < -0.3 is 5.73 Å². The lowest BCUT2D eigenvalue weighted by Crippen LogP contribution is -2.30. The van der Waals surface area contributed by atoms with Gasteiger partial charge in [0.05, 0.1) is 0 Å². The number of hydrogen-bond donors (Lipinski definition) is 1. The molecule has 2 N–H and O–H groups in total. The molecule has 1 saturated carbocycles. The van der Waals surface area contributed by atoms with Gasteiger partial charge in [0.1, 0.15) is 0 Å². The Morgan fingerprint density at radius 1 is 1.00 bits per heavy atom. The number of hydrogen-bond acceptors (Lipinski definition) is 2. The van der Waals surface area contributed by atoms with E-state index in [-0.39, 0.29) is 5.92 Å². The van der Waals surface area contributed by atoms with Crippen LogP contribution in [0.4, 0.5) is 0 Å². The zero-order chi connectivity index (χ0) is 13.3. The number of ketones is 1. The number of benzene rings is 1. The summed E-state index contributed by atoms with van der Waals surface area (Å²) in [4.78, 5) is 12.5. The molecule has 0 aliphatic heterocycles. The Morgan fingerprint density at radius 2 is 1.56 bits per heavy atom. The van der Waals surface area contributed by atoms with Crippen molar-refractivity contribution in [1.82, 2.24) is 0 Å². The summed E-state index contributed by atoms with van der Waals surface area (Å²) in [5.74, 6) is 0.508. The van der Waals surface area contributed by atoms with E-state index >= 15 is 0 Å². The molecule has 0 unspecified atom stereocenters. The molecular weight excluding hydrogens is 222 g/mol. The van der Waals surface area contributed by atoms with Crippen LogP contribution in [0.25, 0.3) is 0 Å². The second kappa shape index (κ2) is 5.23. The third-order valence-corrected chi connectivity index (χ3v) is 4.25. The van der Waals surface area contributed by atoms with E-state index in [1.807, 2.05) is 6.92 Å². The minimum Gasteiger partial charge on any atom is -0.328 e. The van der Waals surface area contributed by atoms with E-state index < -0.39 is 0 Å². The van der Waals surface area contributed by atoms with Crippen LogP contribution in [0.15, 0.2) is 12.1 Å². The van der Waals surface area contributed by atoms with Crippen LogP contribution in [0.3, 0.4) is 0 Å². The SMILES string of the molecule is Cc1cc(C)c(C(=O)C2CCC(N)CC2)cc1C. The lowest BCUT2D eigenvalue weighted by atomic mass is 9.80. The van der Waals surface area contributed by atoms with Crippen LogP contribution < -0.4 is 5.73 Å². The molecule has 1 aliphatic carbocycles. The maximum atomic E-state index is 12.5. The summed E-state index contributed by atoms with van der Waals surface area (Å²) in [6.07, 6.45) is 3.87. The molecule has 1 aromatic carbocycles. The number of nitrogens with two attached hydrogens (primary N) is 1. The van der Waals surface area contributed by atoms with E-state index in [0.29, 0.717) is 11.8 Å². The molecule has 0 amide bonds. The Morgan fingerprint density at radius 3 is 2.17 bits per heavy atom. The summed E-state index contributed by atoms with van der Waals surface area (Å²) in [5.41, 5.74) is 10.4. The van der Waals surface area contributed by atoms with Crippen molar-refractivity contribution in [1.29, 1.82) is 0 Å². The summed E-state index contributed by atoms with van der Waals surface area (Å²) in [7, 11) is 0. The zero-order valence-corrected chi connectivity index (χ0v) is 11.6. The van der Waals surface area contributed by atoms with E-state index in [1.165, 1.54) is 11.1 Å². The molecule has 1 aromatic rings.